The summed E-state index contributed by atoms with van der Waals surface area (Å²) in [5.74, 6) is 1.18. The van der Waals surface area contributed by atoms with Gasteiger partial charge in [-0.05, 0) is 68.5 Å². The van der Waals surface area contributed by atoms with Crippen molar-refractivity contribution in [1.29, 1.82) is 0 Å². The second-order valence-corrected chi connectivity index (χ2v) is 7.53. The van der Waals surface area contributed by atoms with Crippen LogP contribution in [0, 0.1) is 5.92 Å². The van der Waals surface area contributed by atoms with E-state index in [0.717, 1.165) is 63.4 Å². The lowest BCUT2D eigenvalue weighted by Gasteiger charge is -2.22. The van der Waals surface area contributed by atoms with Crippen LogP contribution in [0.4, 0.5) is 5.69 Å². The van der Waals surface area contributed by atoms with E-state index in [1.54, 1.807) is 6.07 Å². The minimum atomic E-state index is -0.196. The monoisotopic (exact) mass is 384 g/mol. The van der Waals surface area contributed by atoms with Gasteiger partial charge in [0.15, 0.2) is 5.69 Å². The van der Waals surface area contributed by atoms with E-state index in [0.29, 0.717) is 24.3 Å². The molecule has 1 aromatic heterocycles. The molecule has 1 amide bonds. The quantitative estimate of drug-likeness (QED) is 0.801. The first kappa shape index (κ1) is 19.0. The average molecular weight is 384 g/mol. The maximum absolute atomic E-state index is 12.5. The van der Waals surface area contributed by atoms with Gasteiger partial charge >= 0.3 is 0 Å². The van der Waals surface area contributed by atoms with E-state index in [4.69, 9.17) is 9.47 Å². The van der Waals surface area contributed by atoms with Crippen LogP contribution in [0.1, 0.15) is 42.2 Å². The van der Waals surface area contributed by atoms with Crippen molar-refractivity contribution >= 4 is 11.6 Å². The van der Waals surface area contributed by atoms with Crippen LogP contribution in [0.3, 0.4) is 0 Å². The predicted molar refractivity (Wildman–Crippen MR) is 107 cm³/mol. The molecule has 0 saturated carbocycles. The van der Waals surface area contributed by atoms with Gasteiger partial charge in [-0.3, -0.25) is 9.48 Å². The molecule has 28 heavy (non-hydrogen) atoms. The third-order valence-corrected chi connectivity index (χ3v) is 5.42. The van der Waals surface area contributed by atoms with E-state index in [2.05, 4.69) is 15.7 Å². The molecule has 1 unspecified atom stereocenters. The summed E-state index contributed by atoms with van der Waals surface area (Å²) in [6.07, 6.45) is 6.22. The molecule has 3 heterocycles. The molecule has 2 aliphatic heterocycles. The van der Waals surface area contributed by atoms with Crippen LogP contribution in [-0.4, -0.2) is 48.6 Å². The summed E-state index contributed by atoms with van der Waals surface area (Å²) >= 11 is 0. The number of carbonyl (C=O) groups is 1. The second kappa shape index (κ2) is 9.21. The van der Waals surface area contributed by atoms with Crippen molar-refractivity contribution in [3.8, 4) is 5.75 Å². The number of rotatable bonds is 6. The number of anilines is 1. The van der Waals surface area contributed by atoms with Gasteiger partial charge in [0.1, 0.15) is 5.75 Å². The van der Waals surface area contributed by atoms with E-state index in [1.807, 2.05) is 35.1 Å². The molecule has 4 rings (SSSR count). The van der Waals surface area contributed by atoms with Crippen molar-refractivity contribution in [3.63, 3.8) is 0 Å². The van der Waals surface area contributed by atoms with Crippen LogP contribution in [-0.2, 0) is 4.74 Å². The third kappa shape index (κ3) is 4.91. The molecule has 2 aromatic rings. The zero-order valence-corrected chi connectivity index (χ0v) is 16.1. The molecule has 2 N–H and O–H groups in total. The highest BCUT2D eigenvalue weighted by molar-refractivity contribution is 6.02. The number of aromatic nitrogens is 2. The van der Waals surface area contributed by atoms with E-state index < -0.39 is 0 Å². The van der Waals surface area contributed by atoms with E-state index >= 15 is 0 Å². The molecule has 2 saturated heterocycles. The summed E-state index contributed by atoms with van der Waals surface area (Å²) in [6.45, 7) is 4.32. The molecule has 2 fully saturated rings. The van der Waals surface area contributed by atoms with Crippen LogP contribution in [0.2, 0.25) is 0 Å². The molecule has 7 heteroatoms. The zero-order chi connectivity index (χ0) is 19.2. The number of amides is 1. The Labute approximate surface area is 165 Å². The highest BCUT2D eigenvalue weighted by Gasteiger charge is 2.18. The van der Waals surface area contributed by atoms with Crippen molar-refractivity contribution in [3.05, 3.63) is 42.2 Å². The average Bonchev–Trinajstić information content (AvgIpc) is 3.25. The summed E-state index contributed by atoms with van der Waals surface area (Å²) in [4.78, 5) is 12.5. The first-order chi connectivity index (χ1) is 13.8. The molecule has 0 bridgehead atoms. The van der Waals surface area contributed by atoms with Crippen LogP contribution in [0.15, 0.2) is 36.5 Å². The maximum Gasteiger partial charge on any atom is 0.276 e. The standard InChI is InChI=1S/C21H28N4O3/c26-21(20-7-11-25(24-20)18-2-1-10-22-14-18)23-17-3-5-19(6-4-17)28-15-16-8-12-27-13-9-16/h3-7,11,16,18,22H,1-2,8-10,12-15H2,(H,23,26). The predicted octanol–water partition coefficient (Wildman–Crippen LogP) is 2.87. The molecule has 1 aromatic carbocycles. The fourth-order valence-corrected chi connectivity index (χ4v) is 3.68. The number of benzene rings is 1. The van der Waals surface area contributed by atoms with Crippen LogP contribution in [0.5, 0.6) is 5.75 Å². The minimum absolute atomic E-state index is 0.196. The van der Waals surface area contributed by atoms with Gasteiger partial charge in [-0.2, -0.15) is 5.10 Å². The normalized spacial score (nSPS) is 20.6. The Bertz CT molecular complexity index is 762. The Morgan fingerprint density at radius 1 is 1.21 bits per heavy atom. The molecule has 0 aliphatic carbocycles. The lowest BCUT2D eigenvalue weighted by atomic mass is 10.0. The Morgan fingerprint density at radius 2 is 2.04 bits per heavy atom. The van der Waals surface area contributed by atoms with E-state index in [1.165, 1.54) is 0 Å². The van der Waals surface area contributed by atoms with Gasteiger partial charge < -0.3 is 20.1 Å². The van der Waals surface area contributed by atoms with Gasteiger partial charge in [0.25, 0.3) is 5.91 Å². The lowest BCUT2D eigenvalue weighted by molar-refractivity contribution is 0.0497. The number of ether oxygens (including phenoxy) is 2. The number of piperidine rings is 1. The molecular formula is C21H28N4O3. The first-order valence-electron chi connectivity index (χ1n) is 10.2. The minimum Gasteiger partial charge on any atom is -0.493 e. The molecule has 7 nitrogen and oxygen atoms in total. The van der Waals surface area contributed by atoms with E-state index in [-0.39, 0.29) is 5.91 Å². The fourth-order valence-electron chi connectivity index (χ4n) is 3.68. The van der Waals surface area contributed by atoms with Crippen molar-refractivity contribution in [2.45, 2.75) is 31.7 Å². The Kier molecular flexibility index (Phi) is 6.24. The zero-order valence-electron chi connectivity index (χ0n) is 16.1. The van der Waals surface area contributed by atoms with Gasteiger partial charge in [0, 0.05) is 31.6 Å². The third-order valence-electron chi connectivity index (χ3n) is 5.42. The summed E-state index contributed by atoms with van der Waals surface area (Å²) in [5.41, 5.74) is 1.17. The SMILES string of the molecule is O=C(Nc1ccc(OCC2CCOCC2)cc1)c1ccn(C2CCCNC2)n1. The summed E-state index contributed by atoms with van der Waals surface area (Å²) in [7, 11) is 0. The van der Waals surface area contributed by atoms with Gasteiger partial charge in [-0.15, -0.1) is 0 Å². The number of carbonyl (C=O) groups excluding carboxylic acids is 1. The van der Waals surface area contributed by atoms with Crippen LogP contribution < -0.4 is 15.4 Å². The van der Waals surface area contributed by atoms with Gasteiger partial charge in [0.2, 0.25) is 0 Å². The second-order valence-electron chi connectivity index (χ2n) is 7.53. The summed E-state index contributed by atoms with van der Waals surface area (Å²) < 4.78 is 13.1. The Morgan fingerprint density at radius 3 is 2.79 bits per heavy atom. The summed E-state index contributed by atoms with van der Waals surface area (Å²) in [6, 6.07) is 9.60. The topological polar surface area (TPSA) is 77.4 Å². The van der Waals surface area contributed by atoms with Crippen LogP contribution >= 0.6 is 0 Å². The van der Waals surface area contributed by atoms with Gasteiger partial charge in [0.05, 0.1) is 12.6 Å². The fraction of sp³-hybridized carbons (Fsp3) is 0.524. The molecule has 1 atom stereocenters. The van der Waals surface area contributed by atoms with Gasteiger partial charge in [-0.25, -0.2) is 0 Å². The molecule has 2 aliphatic rings. The van der Waals surface area contributed by atoms with Crippen LogP contribution in [0.25, 0.3) is 0 Å². The number of nitrogens with zero attached hydrogens (tertiary/aromatic N) is 2. The number of nitrogens with one attached hydrogen (secondary N) is 2. The first-order valence-corrected chi connectivity index (χ1v) is 10.2. The van der Waals surface area contributed by atoms with Crippen molar-refractivity contribution in [1.82, 2.24) is 15.1 Å². The largest absolute Gasteiger partial charge is 0.493 e. The van der Waals surface area contributed by atoms with Crippen molar-refractivity contribution in [2.24, 2.45) is 5.92 Å². The molecule has 0 radical (unpaired) electrons. The Hall–Kier alpha value is -2.38. The highest BCUT2D eigenvalue weighted by Crippen LogP contribution is 2.20. The summed E-state index contributed by atoms with van der Waals surface area (Å²) in [5, 5.41) is 10.7. The highest BCUT2D eigenvalue weighted by atomic mass is 16.5. The molecular weight excluding hydrogens is 356 g/mol. The molecule has 0 spiro atoms. The Balaban J connectivity index is 1.28. The van der Waals surface area contributed by atoms with Gasteiger partial charge in [-0.1, -0.05) is 0 Å². The smallest absolute Gasteiger partial charge is 0.276 e. The lowest BCUT2D eigenvalue weighted by Crippen LogP contribution is -2.32. The number of hydrogen-bond donors (Lipinski definition) is 2. The van der Waals surface area contributed by atoms with Crippen molar-refractivity contribution < 1.29 is 14.3 Å². The van der Waals surface area contributed by atoms with Crippen molar-refractivity contribution in [2.75, 3.05) is 38.2 Å². The maximum atomic E-state index is 12.5. The van der Waals surface area contributed by atoms with E-state index in [9.17, 15) is 4.79 Å². The number of hydrogen-bond acceptors (Lipinski definition) is 5. The molecule has 150 valence electrons.